The summed E-state index contributed by atoms with van der Waals surface area (Å²) < 4.78 is 8.03. The number of urea groups is 1. The van der Waals surface area contributed by atoms with Crippen molar-refractivity contribution in [2.24, 2.45) is 7.05 Å². The number of aryl methyl sites for hydroxylation is 1. The first-order valence-electron chi connectivity index (χ1n) is 9.24. The van der Waals surface area contributed by atoms with Crippen molar-refractivity contribution in [3.05, 3.63) is 65.4 Å². The van der Waals surface area contributed by atoms with E-state index in [1.54, 1.807) is 30.2 Å². The summed E-state index contributed by atoms with van der Waals surface area (Å²) in [5.41, 5.74) is 1.66. The van der Waals surface area contributed by atoms with E-state index >= 15 is 0 Å². The van der Waals surface area contributed by atoms with Crippen LogP contribution in [-0.4, -0.2) is 59.7 Å². The highest BCUT2D eigenvalue weighted by molar-refractivity contribution is 9.10. The Kier molecular flexibility index (Phi) is 8.95. The lowest BCUT2D eigenvalue weighted by atomic mass is 10.3. The van der Waals surface area contributed by atoms with Crippen molar-refractivity contribution >= 4 is 33.6 Å². The summed E-state index contributed by atoms with van der Waals surface area (Å²) in [6, 6.07) is 10.8. The van der Waals surface area contributed by atoms with Crippen LogP contribution in [0.5, 0.6) is 0 Å². The zero-order chi connectivity index (χ0) is 21.2. The van der Waals surface area contributed by atoms with Crippen molar-refractivity contribution < 1.29 is 14.3 Å². The smallest absolute Gasteiger partial charge is 0.322 e. The number of nitrogens with one attached hydrogen (secondary N) is 1. The number of methoxy groups -OCH3 is 1. The highest BCUT2D eigenvalue weighted by atomic mass is 79.9. The number of halogens is 1. The van der Waals surface area contributed by atoms with Crippen LogP contribution in [0.25, 0.3) is 0 Å². The molecule has 0 bridgehead atoms. The van der Waals surface area contributed by atoms with E-state index in [-0.39, 0.29) is 25.0 Å². The number of ether oxygens (including phenoxy) is 1. The normalized spacial score (nSPS) is 10.4. The number of carbonyl (C=O) groups excluding carboxylic acids is 2. The fraction of sp³-hybridized carbons (Fsp3) is 0.333. The molecule has 156 valence electrons. The van der Waals surface area contributed by atoms with Crippen molar-refractivity contribution in [2.75, 3.05) is 38.7 Å². The van der Waals surface area contributed by atoms with Gasteiger partial charge in [-0.3, -0.25) is 4.79 Å². The molecular formula is C21H27BrN4O3. The number of hydrogen-bond acceptors (Lipinski definition) is 3. The first-order valence-corrected chi connectivity index (χ1v) is 10.0. The van der Waals surface area contributed by atoms with E-state index in [2.05, 4.69) is 27.8 Å². The molecule has 0 radical (unpaired) electrons. The van der Waals surface area contributed by atoms with Crippen LogP contribution in [0.2, 0.25) is 0 Å². The third-order valence-electron chi connectivity index (χ3n) is 4.38. The van der Waals surface area contributed by atoms with Gasteiger partial charge in [0.05, 0.1) is 13.2 Å². The molecule has 1 heterocycles. The van der Waals surface area contributed by atoms with Gasteiger partial charge in [-0.1, -0.05) is 22.0 Å². The van der Waals surface area contributed by atoms with Gasteiger partial charge in [-0.2, -0.15) is 0 Å². The second-order valence-corrected chi connectivity index (χ2v) is 7.44. The van der Waals surface area contributed by atoms with E-state index in [4.69, 9.17) is 4.74 Å². The maximum absolute atomic E-state index is 13.0. The number of rotatable bonds is 10. The predicted molar refractivity (Wildman–Crippen MR) is 118 cm³/mol. The van der Waals surface area contributed by atoms with Gasteiger partial charge in [-0.25, -0.2) is 4.79 Å². The van der Waals surface area contributed by atoms with Crippen LogP contribution in [0, 0.1) is 0 Å². The van der Waals surface area contributed by atoms with Crippen molar-refractivity contribution in [2.45, 2.75) is 6.54 Å². The average molecular weight is 463 g/mol. The topological polar surface area (TPSA) is 66.8 Å². The molecule has 0 unspecified atom stereocenters. The molecule has 8 heteroatoms. The fourth-order valence-corrected chi connectivity index (χ4v) is 2.99. The Morgan fingerprint density at radius 3 is 2.55 bits per heavy atom. The molecule has 0 saturated carbocycles. The minimum absolute atomic E-state index is 0.0531. The lowest BCUT2D eigenvalue weighted by molar-refractivity contribution is -0.133. The van der Waals surface area contributed by atoms with E-state index in [0.717, 1.165) is 10.2 Å². The highest BCUT2D eigenvalue weighted by Gasteiger charge is 2.21. The number of nitrogens with zero attached hydrogens (tertiary/aromatic N) is 3. The SMILES string of the molecule is C=CCN(CC(=O)N(CCOC)Cc1cccn1C)C(=O)Nc1ccc(Br)cc1. The fourth-order valence-electron chi connectivity index (χ4n) is 2.72. The molecule has 1 aromatic heterocycles. The van der Waals surface area contributed by atoms with E-state index < -0.39 is 0 Å². The second kappa shape index (κ2) is 11.4. The molecule has 0 spiro atoms. The molecule has 1 aromatic carbocycles. The molecule has 2 aromatic rings. The molecule has 0 aliphatic heterocycles. The molecule has 2 rings (SSSR count). The summed E-state index contributed by atoms with van der Waals surface area (Å²) >= 11 is 3.37. The Balaban J connectivity index is 2.07. The zero-order valence-electron chi connectivity index (χ0n) is 16.8. The van der Waals surface area contributed by atoms with E-state index in [9.17, 15) is 9.59 Å². The Bertz CT molecular complexity index is 820. The largest absolute Gasteiger partial charge is 0.383 e. The molecule has 7 nitrogen and oxygen atoms in total. The molecule has 0 aliphatic carbocycles. The standard InChI is InChI=1S/C21H27BrN4O3/c1-4-11-26(21(28)23-18-9-7-17(22)8-10-18)16-20(27)25(13-14-29-3)15-19-6-5-12-24(19)2/h4-10,12H,1,11,13-16H2,2-3H3,(H,23,28). The quantitative estimate of drug-likeness (QED) is 0.549. The Hall–Kier alpha value is -2.58. The lowest BCUT2D eigenvalue weighted by Gasteiger charge is -2.27. The summed E-state index contributed by atoms with van der Waals surface area (Å²) in [6.45, 7) is 5.21. The number of aromatic nitrogens is 1. The van der Waals surface area contributed by atoms with Crippen molar-refractivity contribution in [1.29, 1.82) is 0 Å². The Morgan fingerprint density at radius 1 is 1.24 bits per heavy atom. The van der Waals surface area contributed by atoms with Gasteiger partial charge < -0.3 is 24.4 Å². The van der Waals surface area contributed by atoms with Gasteiger partial charge in [0.15, 0.2) is 0 Å². The third-order valence-corrected chi connectivity index (χ3v) is 4.91. The first-order chi connectivity index (χ1) is 13.9. The number of benzene rings is 1. The number of hydrogen-bond donors (Lipinski definition) is 1. The molecule has 3 amide bonds. The van der Waals surface area contributed by atoms with Crippen molar-refractivity contribution in [3.63, 3.8) is 0 Å². The van der Waals surface area contributed by atoms with Crippen LogP contribution in [0.15, 0.2) is 59.7 Å². The predicted octanol–water partition coefficient (Wildman–Crippen LogP) is 3.48. The van der Waals surface area contributed by atoms with Crippen LogP contribution in [-0.2, 0) is 23.1 Å². The van der Waals surface area contributed by atoms with E-state index in [0.29, 0.717) is 25.4 Å². The Labute approximate surface area is 180 Å². The second-order valence-electron chi connectivity index (χ2n) is 6.52. The van der Waals surface area contributed by atoms with Crippen LogP contribution in [0.3, 0.4) is 0 Å². The third kappa shape index (κ3) is 7.07. The van der Waals surface area contributed by atoms with Crippen molar-refractivity contribution in [1.82, 2.24) is 14.4 Å². The zero-order valence-corrected chi connectivity index (χ0v) is 18.4. The molecule has 29 heavy (non-hydrogen) atoms. The molecule has 0 aliphatic rings. The summed E-state index contributed by atoms with van der Waals surface area (Å²) in [5.74, 6) is -0.156. The summed E-state index contributed by atoms with van der Waals surface area (Å²) in [5, 5.41) is 2.82. The van der Waals surface area contributed by atoms with Gasteiger partial charge in [-0.15, -0.1) is 6.58 Å². The molecule has 1 N–H and O–H groups in total. The van der Waals surface area contributed by atoms with Crippen LogP contribution < -0.4 is 5.32 Å². The average Bonchev–Trinajstić information content (AvgIpc) is 3.10. The van der Waals surface area contributed by atoms with Gasteiger partial charge in [0.2, 0.25) is 5.91 Å². The first kappa shape index (κ1) is 22.7. The lowest BCUT2D eigenvalue weighted by Crippen LogP contribution is -2.45. The minimum Gasteiger partial charge on any atom is -0.383 e. The van der Waals surface area contributed by atoms with E-state index in [1.165, 1.54) is 4.90 Å². The Morgan fingerprint density at radius 2 is 1.97 bits per heavy atom. The maximum atomic E-state index is 13.0. The molecular weight excluding hydrogens is 436 g/mol. The van der Waals surface area contributed by atoms with Crippen LogP contribution in [0.4, 0.5) is 10.5 Å². The van der Waals surface area contributed by atoms with Gasteiger partial charge in [-0.05, 0) is 36.4 Å². The van der Waals surface area contributed by atoms with Gasteiger partial charge in [0.1, 0.15) is 6.54 Å². The number of amides is 3. The molecule has 0 atom stereocenters. The summed E-state index contributed by atoms with van der Waals surface area (Å²) in [7, 11) is 3.53. The van der Waals surface area contributed by atoms with Crippen LogP contribution >= 0.6 is 15.9 Å². The minimum atomic E-state index is -0.355. The van der Waals surface area contributed by atoms with Gasteiger partial charge in [0.25, 0.3) is 0 Å². The maximum Gasteiger partial charge on any atom is 0.322 e. The van der Waals surface area contributed by atoms with Crippen molar-refractivity contribution in [3.8, 4) is 0 Å². The van der Waals surface area contributed by atoms with Crippen LogP contribution in [0.1, 0.15) is 5.69 Å². The summed E-state index contributed by atoms with van der Waals surface area (Å²) in [4.78, 5) is 28.8. The molecule has 0 fully saturated rings. The van der Waals surface area contributed by atoms with Gasteiger partial charge >= 0.3 is 6.03 Å². The van der Waals surface area contributed by atoms with E-state index in [1.807, 2.05) is 42.1 Å². The molecule has 0 saturated heterocycles. The summed E-state index contributed by atoms with van der Waals surface area (Å²) in [6.07, 6.45) is 3.54. The monoisotopic (exact) mass is 462 g/mol. The number of carbonyl (C=O) groups is 2. The van der Waals surface area contributed by atoms with Gasteiger partial charge in [0, 0.05) is 49.3 Å². The highest BCUT2D eigenvalue weighted by Crippen LogP contribution is 2.15. The number of anilines is 1.